The average molecular weight is 196 g/mol. The third-order valence-electron chi connectivity index (χ3n) is 2.26. The molecule has 0 aliphatic carbocycles. The lowest BCUT2D eigenvalue weighted by Gasteiger charge is -2.09. The first-order chi connectivity index (χ1) is 6.67. The van der Waals surface area contributed by atoms with Gasteiger partial charge in [0, 0.05) is 12.6 Å². The van der Waals surface area contributed by atoms with Crippen molar-refractivity contribution < 1.29 is 4.74 Å². The Hall–Kier alpha value is -1.32. The van der Waals surface area contributed by atoms with Crippen LogP contribution in [0.25, 0.3) is 0 Å². The minimum absolute atomic E-state index is 0.107. The van der Waals surface area contributed by atoms with Gasteiger partial charge >= 0.3 is 0 Å². The van der Waals surface area contributed by atoms with Crippen LogP contribution in [0.3, 0.4) is 0 Å². The van der Waals surface area contributed by atoms with Crippen molar-refractivity contribution in [1.82, 2.24) is 9.78 Å². The van der Waals surface area contributed by atoms with E-state index in [-0.39, 0.29) is 5.56 Å². The molecule has 78 valence electrons. The first-order valence-electron chi connectivity index (χ1n) is 4.78. The molecule has 0 fully saturated rings. The van der Waals surface area contributed by atoms with Gasteiger partial charge in [0.2, 0.25) is 0 Å². The van der Waals surface area contributed by atoms with Crippen LogP contribution < -0.4 is 10.3 Å². The van der Waals surface area contributed by atoms with Gasteiger partial charge in [0.1, 0.15) is 5.75 Å². The monoisotopic (exact) mass is 196 g/mol. The number of hydrogen-bond donors (Lipinski definition) is 0. The fourth-order valence-corrected chi connectivity index (χ4v) is 1.09. The molecule has 0 N–H and O–H groups in total. The van der Waals surface area contributed by atoms with E-state index in [2.05, 4.69) is 18.9 Å². The lowest BCUT2D eigenvalue weighted by molar-refractivity contribution is 0.391. The lowest BCUT2D eigenvalue weighted by Crippen LogP contribution is -2.24. The van der Waals surface area contributed by atoms with Crippen molar-refractivity contribution in [2.45, 2.75) is 26.8 Å². The molecule has 0 saturated carbocycles. The van der Waals surface area contributed by atoms with E-state index in [1.54, 1.807) is 6.20 Å². The summed E-state index contributed by atoms with van der Waals surface area (Å²) < 4.78 is 6.37. The van der Waals surface area contributed by atoms with E-state index in [9.17, 15) is 4.79 Å². The molecule has 1 rings (SSSR count). The highest BCUT2D eigenvalue weighted by Gasteiger charge is 2.04. The molecule has 1 heterocycles. The van der Waals surface area contributed by atoms with Gasteiger partial charge in [-0.3, -0.25) is 4.79 Å². The largest absolute Gasteiger partial charge is 0.495 e. The molecule has 1 aromatic heterocycles. The molecular weight excluding hydrogens is 180 g/mol. The summed E-state index contributed by atoms with van der Waals surface area (Å²) in [6, 6.07) is 1.45. The summed E-state index contributed by atoms with van der Waals surface area (Å²) >= 11 is 0. The van der Waals surface area contributed by atoms with Gasteiger partial charge in [-0.1, -0.05) is 20.3 Å². The quantitative estimate of drug-likeness (QED) is 0.729. The summed E-state index contributed by atoms with van der Waals surface area (Å²) in [4.78, 5) is 11.5. The van der Waals surface area contributed by atoms with Gasteiger partial charge in [-0.2, -0.15) is 5.10 Å². The zero-order valence-corrected chi connectivity index (χ0v) is 8.86. The van der Waals surface area contributed by atoms with E-state index in [0.29, 0.717) is 18.2 Å². The molecule has 0 unspecified atom stereocenters. The van der Waals surface area contributed by atoms with E-state index in [0.717, 1.165) is 6.42 Å². The van der Waals surface area contributed by atoms with Gasteiger partial charge in [-0.15, -0.1) is 0 Å². The van der Waals surface area contributed by atoms with Crippen molar-refractivity contribution in [3.8, 4) is 5.75 Å². The Morgan fingerprint density at radius 1 is 1.64 bits per heavy atom. The highest BCUT2D eigenvalue weighted by Crippen LogP contribution is 2.04. The zero-order valence-electron chi connectivity index (χ0n) is 8.86. The van der Waals surface area contributed by atoms with Gasteiger partial charge in [0.15, 0.2) is 0 Å². The maximum Gasteiger partial charge on any atom is 0.270 e. The fourth-order valence-electron chi connectivity index (χ4n) is 1.09. The van der Waals surface area contributed by atoms with Crippen LogP contribution in [0.2, 0.25) is 0 Å². The number of ether oxygens (including phenoxy) is 1. The van der Waals surface area contributed by atoms with E-state index >= 15 is 0 Å². The Balaban J connectivity index is 2.84. The minimum Gasteiger partial charge on any atom is -0.495 e. The summed E-state index contributed by atoms with van der Waals surface area (Å²) in [5, 5.41) is 4.02. The molecule has 4 nitrogen and oxygen atoms in total. The van der Waals surface area contributed by atoms with Crippen molar-refractivity contribution >= 4 is 0 Å². The molecular formula is C10H16N2O2. The number of methoxy groups -OCH3 is 1. The Labute approximate surface area is 83.5 Å². The molecule has 0 bridgehead atoms. The second kappa shape index (κ2) is 4.79. The van der Waals surface area contributed by atoms with Crippen LogP contribution in [0.15, 0.2) is 17.1 Å². The summed E-state index contributed by atoms with van der Waals surface area (Å²) in [5.41, 5.74) is -0.107. The third-order valence-corrected chi connectivity index (χ3v) is 2.26. The first kappa shape index (κ1) is 10.8. The topological polar surface area (TPSA) is 44.1 Å². The Morgan fingerprint density at radius 2 is 2.36 bits per heavy atom. The summed E-state index contributed by atoms with van der Waals surface area (Å²) in [5.74, 6) is 0.976. The van der Waals surface area contributed by atoms with Gasteiger partial charge in [-0.25, -0.2) is 4.68 Å². The maximum atomic E-state index is 11.5. The molecule has 1 atom stereocenters. The molecule has 4 heteroatoms. The standard InChI is InChI=1S/C10H16N2O2/c1-4-8(2)7-12-10(13)5-9(14-3)6-11-12/h5-6,8H,4,7H2,1-3H3/t8-/m0/s1. The number of aromatic nitrogens is 2. The van der Waals surface area contributed by atoms with Gasteiger partial charge in [0.05, 0.1) is 13.3 Å². The van der Waals surface area contributed by atoms with Crippen LogP contribution in [0.5, 0.6) is 5.75 Å². The van der Waals surface area contributed by atoms with Crippen LogP contribution in [0.4, 0.5) is 0 Å². The first-order valence-corrected chi connectivity index (χ1v) is 4.78. The highest BCUT2D eigenvalue weighted by atomic mass is 16.5. The van der Waals surface area contributed by atoms with Crippen molar-refractivity contribution in [1.29, 1.82) is 0 Å². The zero-order chi connectivity index (χ0) is 10.6. The lowest BCUT2D eigenvalue weighted by atomic mass is 10.1. The molecule has 0 radical (unpaired) electrons. The molecule has 0 spiro atoms. The number of rotatable bonds is 4. The normalized spacial score (nSPS) is 12.5. The van der Waals surface area contributed by atoms with Crippen LogP contribution in [-0.2, 0) is 6.54 Å². The third kappa shape index (κ3) is 2.58. The summed E-state index contributed by atoms with van der Waals surface area (Å²) in [6.45, 7) is 4.86. The van der Waals surface area contributed by atoms with Crippen LogP contribution in [0.1, 0.15) is 20.3 Å². The van der Waals surface area contributed by atoms with Crippen molar-refractivity contribution in [3.63, 3.8) is 0 Å². The molecule has 14 heavy (non-hydrogen) atoms. The molecule has 0 amide bonds. The molecule has 0 aliphatic rings. The fraction of sp³-hybridized carbons (Fsp3) is 0.600. The smallest absolute Gasteiger partial charge is 0.270 e. The van der Waals surface area contributed by atoms with E-state index in [4.69, 9.17) is 4.74 Å². The highest BCUT2D eigenvalue weighted by molar-refractivity contribution is 5.13. The van der Waals surface area contributed by atoms with Crippen LogP contribution >= 0.6 is 0 Å². The Bertz CT molecular complexity index is 346. The Kier molecular flexibility index (Phi) is 3.68. The molecule has 1 aromatic rings. The summed E-state index contributed by atoms with van der Waals surface area (Å²) in [7, 11) is 1.52. The maximum absolute atomic E-state index is 11.5. The second-order valence-corrected chi connectivity index (χ2v) is 3.43. The van der Waals surface area contributed by atoms with E-state index in [1.807, 2.05) is 0 Å². The van der Waals surface area contributed by atoms with E-state index in [1.165, 1.54) is 17.9 Å². The number of hydrogen-bond acceptors (Lipinski definition) is 3. The van der Waals surface area contributed by atoms with Gasteiger partial charge in [0.25, 0.3) is 5.56 Å². The van der Waals surface area contributed by atoms with Crippen molar-refractivity contribution in [2.24, 2.45) is 5.92 Å². The predicted molar refractivity (Wildman–Crippen MR) is 54.5 cm³/mol. The van der Waals surface area contributed by atoms with Crippen molar-refractivity contribution in [2.75, 3.05) is 7.11 Å². The van der Waals surface area contributed by atoms with Crippen LogP contribution in [0, 0.1) is 5.92 Å². The molecule has 0 saturated heterocycles. The summed E-state index contributed by atoms with van der Waals surface area (Å²) in [6.07, 6.45) is 2.60. The average Bonchev–Trinajstić information content (AvgIpc) is 2.20. The van der Waals surface area contributed by atoms with E-state index < -0.39 is 0 Å². The van der Waals surface area contributed by atoms with Crippen LogP contribution in [-0.4, -0.2) is 16.9 Å². The Morgan fingerprint density at radius 3 is 2.86 bits per heavy atom. The number of nitrogens with zero attached hydrogens (tertiary/aromatic N) is 2. The minimum atomic E-state index is -0.107. The second-order valence-electron chi connectivity index (χ2n) is 3.43. The predicted octanol–water partition coefficient (Wildman–Crippen LogP) is 1.30. The van der Waals surface area contributed by atoms with Gasteiger partial charge in [-0.05, 0) is 5.92 Å². The molecule has 0 aliphatic heterocycles. The SMILES string of the molecule is CC[C@H](C)Cn1ncc(OC)cc1=O. The molecule has 0 aromatic carbocycles. The van der Waals surface area contributed by atoms with Gasteiger partial charge < -0.3 is 4.74 Å². The van der Waals surface area contributed by atoms with Crippen molar-refractivity contribution in [3.05, 3.63) is 22.6 Å².